The third kappa shape index (κ3) is 1.79. The Balaban J connectivity index is 2.52. The molecule has 0 aliphatic carbocycles. The van der Waals surface area contributed by atoms with Crippen LogP contribution in [-0.2, 0) is 20.9 Å². The van der Waals surface area contributed by atoms with Gasteiger partial charge in [0.25, 0.3) is 0 Å². The van der Waals surface area contributed by atoms with Gasteiger partial charge < -0.3 is 15.2 Å². The van der Waals surface area contributed by atoms with E-state index >= 15 is 0 Å². The minimum Gasteiger partial charge on any atom is -0.457 e. The summed E-state index contributed by atoms with van der Waals surface area (Å²) in [6.07, 6.45) is 0. The average molecular weight is 219 g/mol. The number of carbonyl (C=O) groups excluding carboxylic acids is 1. The van der Waals surface area contributed by atoms with E-state index in [0.29, 0.717) is 17.9 Å². The summed E-state index contributed by atoms with van der Waals surface area (Å²) in [5.74, 6) is -0.381. The van der Waals surface area contributed by atoms with Crippen LogP contribution in [0, 0.1) is 0 Å². The van der Waals surface area contributed by atoms with Gasteiger partial charge in [0, 0.05) is 12.8 Å². The molecule has 0 fully saturated rings. The van der Waals surface area contributed by atoms with Gasteiger partial charge in [0.2, 0.25) is 0 Å². The van der Waals surface area contributed by atoms with Gasteiger partial charge in [-0.3, -0.25) is 0 Å². The Hall–Kier alpha value is -1.81. The number of cyclic esters (lactones) is 1. The molecule has 4 nitrogen and oxygen atoms in total. The van der Waals surface area contributed by atoms with Crippen LogP contribution in [0.2, 0.25) is 0 Å². The minimum atomic E-state index is -0.381. The van der Waals surface area contributed by atoms with Crippen molar-refractivity contribution in [1.29, 1.82) is 0 Å². The second-order valence-corrected chi connectivity index (χ2v) is 3.57. The molecule has 0 radical (unpaired) electrons. The van der Waals surface area contributed by atoms with Crippen molar-refractivity contribution in [2.45, 2.75) is 6.61 Å². The highest BCUT2D eigenvalue weighted by Crippen LogP contribution is 2.27. The molecule has 16 heavy (non-hydrogen) atoms. The normalized spacial score (nSPS) is 17.7. The molecule has 1 heterocycles. The molecule has 0 unspecified atom stereocenters. The van der Waals surface area contributed by atoms with Gasteiger partial charge in [0.1, 0.15) is 6.61 Å². The van der Waals surface area contributed by atoms with Crippen molar-refractivity contribution >= 4 is 11.5 Å². The first-order chi connectivity index (χ1) is 7.74. The molecule has 0 atom stereocenters. The highest BCUT2D eigenvalue weighted by Gasteiger charge is 2.24. The monoisotopic (exact) mass is 219 g/mol. The molecule has 1 aliphatic heterocycles. The lowest BCUT2D eigenvalue weighted by molar-refractivity contribution is -0.138. The summed E-state index contributed by atoms with van der Waals surface area (Å²) < 4.78 is 9.98. The second-order valence-electron chi connectivity index (χ2n) is 3.57. The van der Waals surface area contributed by atoms with Crippen LogP contribution < -0.4 is 5.73 Å². The Morgan fingerprint density at radius 2 is 2.25 bits per heavy atom. The van der Waals surface area contributed by atoms with Crippen LogP contribution in [0.4, 0.5) is 0 Å². The van der Waals surface area contributed by atoms with Gasteiger partial charge in [0.15, 0.2) is 0 Å². The lowest BCUT2D eigenvalue weighted by Gasteiger charge is -2.20. The molecule has 0 saturated heterocycles. The van der Waals surface area contributed by atoms with E-state index in [0.717, 1.165) is 11.1 Å². The van der Waals surface area contributed by atoms with Crippen LogP contribution in [0.5, 0.6) is 0 Å². The van der Waals surface area contributed by atoms with Gasteiger partial charge in [-0.05, 0) is 11.1 Å². The molecular formula is C12H13NO3. The van der Waals surface area contributed by atoms with E-state index in [4.69, 9.17) is 15.2 Å². The molecule has 0 spiro atoms. The molecule has 1 aromatic rings. The number of rotatable bonds is 2. The molecule has 0 amide bonds. The molecule has 1 aliphatic rings. The number of methoxy groups -OCH3 is 1. The maximum Gasteiger partial charge on any atom is 0.340 e. The number of carbonyl (C=O) groups is 1. The third-order valence-electron chi connectivity index (χ3n) is 2.47. The zero-order valence-corrected chi connectivity index (χ0v) is 9.03. The molecule has 0 bridgehead atoms. The largest absolute Gasteiger partial charge is 0.457 e. The van der Waals surface area contributed by atoms with Crippen molar-refractivity contribution in [3.63, 3.8) is 0 Å². The Labute approximate surface area is 93.7 Å². The first kappa shape index (κ1) is 10.7. The number of ether oxygens (including phenoxy) is 2. The van der Waals surface area contributed by atoms with Crippen LogP contribution in [0.25, 0.3) is 5.57 Å². The highest BCUT2D eigenvalue weighted by atomic mass is 16.5. The topological polar surface area (TPSA) is 61.5 Å². The Morgan fingerprint density at radius 3 is 3.00 bits per heavy atom. The van der Waals surface area contributed by atoms with Gasteiger partial charge in [-0.25, -0.2) is 4.79 Å². The summed E-state index contributed by atoms with van der Waals surface area (Å²) in [5.41, 5.74) is 8.45. The van der Waals surface area contributed by atoms with Crippen molar-refractivity contribution in [3.8, 4) is 0 Å². The zero-order valence-electron chi connectivity index (χ0n) is 9.03. The second kappa shape index (κ2) is 4.37. The van der Waals surface area contributed by atoms with E-state index in [-0.39, 0.29) is 12.6 Å². The van der Waals surface area contributed by atoms with Crippen molar-refractivity contribution in [3.05, 3.63) is 41.1 Å². The molecule has 4 heteroatoms. The quantitative estimate of drug-likeness (QED) is 0.596. The summed E-state index contributed by atoms with van der Waals surface area (Å²) in [5, 5.41) is 0. The van der Waals surface area contributed by atoms with E-state index in [1.165, 1.54) is 7.11 Å². The molecule has 2 N–H and O–H groups in total. The van der Waals surface area contributed by atoms with Crippen molar-refractivity contribution in [2.75, 3.05) is 13.7 Å². The van der Waals surface area contributed by atoms with Crippen molar-refractivity contribution < 1.29 is 14.3 Å². The molecule has 0 saturated carbocycles. The first-order valence-corrected chi connectivity index (χ1v) is 4.97. The van der Waals surface area contributed by atoms with Crippen LogP contribution in [-0.4, -0.2) is 19.7 Å². The average Bonchev–Trinajstić information content (AvgIpc) is 2.29. The molecule has 1 aromatic carbocycles. The zero-order chi connectivity index (χ0) is 11.5. The maximum absolute atomic E-state index is 11.7. The number of hydrogen-bond acceptors (Lipinski definition) is 4. The third-order valence-corrected chi connectivity index (χ3v) is 2.47. The number of fused-ring (bicyclic) bond motifs is 1. The molecule has 2 rings (SSSR count). The van der Waals surface area contributed by atoms with Crippen molar-refractivity contribution in [2.24, 2.45) is 5.73 Å². The fourth-order valence-electron chi connectivity index (χ4n) is 1.75. The van der Waals surface area contributed by atoms with Crippen molar-refractivity contribution in [1.82, 2.24) is 0 Å². The number of hydrogen-bond donors (Lipinski definition) is 1. The molecular weight excluding hydrogens is 206 g/mol. The lowest BCUT2D eigenvalue weighted by atomic mass is 9.96. The Morgan fingerprint density at radius 1 is 1.50 bits per heavy atom. The number of benzene rings is 1. The summed E-state index contributed by atoms with van der Waals surface area (Å²) in [4.78, 5) is 11.7. The smallest absolute Gasteiger partial charge is 0.340 e. The SMILES string of the molecule is COC/C(N)=C1/C(=O)OCc2ccccc21. The number of esters is 1. The van der Waals surface area contributed by atoms with Gasteiger partial charge >= 0.3 is 5.97 Å². The van der Waals surface area contributed by atoms with Crippen LogP contribution in [0.3, 0.4) is 0 Å². The van der Waals surface area contributed by atoms with Crippen LogP contribution in [0.15, 0.2) is 30.0 Å². The molecule has 0 aromatic heterocycles. The molecule has 84 valence electrons. The summed E-state index contributed by atoms with van der Waals surface area (Å²) in [7, 11) is 1.54. The predicted molar refractivity (Wildman–Crippen MR) is 59.2 cm³/mol. The minimum absolute atomic E-state index is 0.221. The number of nitrogens with two attached hydrogens (primary N) is 1. The summed E-state index contributed by atoms with van der Waals surface area (Å²) in [6, 6.07) is 7.56. The van der Waals surface area contributed by atoms with E-state index in [1.54, 1.807) is 0 Å². The van der Waals surface area contributed by atoms with Gasteiger partial charge in [-0.2, -0.15) is 0 Å². The van der Waals surface area contributed by atoms with E-state index < -0.39 is 0 Å². The summed E-state index contributed by atoms with van der Waals surface area (Å²) in [6.45, 7) is 0.525. The lowest BCUT2D eigenvalue weighted by Crippen LogP contribution is -2.21. The Kier molecular flexibility index (Phi) is 2.92. The fourth-order valence-corrected chi connectivity index (χ4v) is 1.75. The Bertz CT molecular complexity index is 451. The van der Waals surface area contributed by atoms with Crippen LogP contribution in [0.1, 0.15) is 11.1 Å². The first-order valence-electron chi connectivity index (χ1n) is 4.97. The standard InChI is InChI=1S/C12H13NO3/c1-15-7-10(13)11-9-5-3-2-4-8(9)6-16-12(11)14/h2-5H,6-7,13H2,1H3/b11-10-. The van der Waals surface area contributed by atoms with E-state index in [9.17, 15) is 4.79 Å². The fraction of sp³-hybridized carbons (Fsp3) is 0.250. The highest BCUT2D eigenvalue weighted by molar-refractivity contribution is 6.18. The van der Waals surface area contributed by atoms with E-state index in [2.05, 4.69) is 0 Å². The maximum atomic E-state index is 11.7. The summed E-state index contributed by atoms with van der Waals surface area (Å²) >= 11 is 0. The van der Waals surface area contributed by atoms with Gasteiger partial charge in [-0.15, -0.1) is 0 Å². The van der Waals surface area contributed by atoms with Gasteiger partial charge in [-0.1, -0.05) is 24.3 Å². The predicted octanol–water partition coefficient (Wildman–Crippen LogP) is 1.06. The van der Waals surface area contributed by atoms with Crippen LogP contribution >= 0.6 is 0 Å². The van der Waals surface area contributed by atoms with Gasteiger partial charge in [0.05, 0.1) is 12.2 Å². The van der Waals surface area contributed by atoms with E-state index in [1.807, 2.05) is 24.3 Å².